The number of hydrogen-bond acceptors (Lipinski definition) is 4. The molecular formula is C16H37NO3. The van der Waals surface area contributed by atoms with E-state index in [1.807, 2.05) is 20.9 Å². The van der Waals surface area contributed by atoms with Gasteiger partial charge in [-0.3, -0.25) is 0 Å². The fourth-order valence-electron chi connectivity index (χ4n) is 1.20. The van der Waals surface area contributed by atoms with Gasteiger partial charge in [-0.15, -0.1) is 0 Å². The fraction of sp³-hybridized carbons (Fsp3) is 0.938. The SMILES string of the molecule is CC.CC(C)CCCOCCOCC=O.CCCNC. The molecular weight excluding hydrogens is 254 g/mol. The van der Waals surface area contributed by atoms with E-state index in [4.69, 9.17) is 9.47 Å². The van der Waals surface area contributed by atoms with E-state index in [-0.39, 0.29) is 6.61 Å². The fourth-order valence-corrected chi connectivity index (χ4v) is 1.20. The highest BCUT2D eigenvalue weighted by Crippen LogP contribution is 2.02. The van der Waals surface area contributed by atoms with Crippen LogP contribution < -0.4 is 5.32 Å². The van der Waals surface area contributed by atoms with Crippen molar-refractivity contribution in [3.8, 4) is 0 Å². The lowest BCUT2D eigenvalue weighted by Crippen LogP contribution is -2.06. The summed E-state index contributed by atoms with van der Waals surface area (Å²) in [6, 6.07) is 0. The van der Waals surface area contributed by atoms with Gasteiger partial charge in [0.25, 0.3) is 0 Å². The number of rotatable bonds is 11. The molecule has 20 heavy (non-hydrogen) atoms. The predicted octanol–water partition coefficient (Wildman–Crippen LogP) is 3.30. The van der Waals surface area contributed by atoms with Gasteiger partial charge in [0.15, 0.2) is 0 Å². The highest BCUT2D eigenvalue weighted by atomic mass is 16.5. The molecule has 0 fully saturated rings. The molecule has 0 aromatic rings. The molecule has 0 radical (unpaired) electrons. The maximum Gasteiger partial charge on any atom is 0.145 e. The number of carbonyl (C=O) groups is 1. The van der Waals surface area contributed by atoms with Crippen LogP contribution in [0.25, 0.3) is 0 Å². The first kappa shape index (κ1) is 24.6. The summed E-state index contributed by atoms with van der Waals surface area (Å²) >= 11 is 0. The minimum atomic E-state index is 0.176. The second-order valence-corrected chi connectivity index (χ2v) is 4.49. The summed E-state index contributed by atoms with van der Waals surface area (Å²) in [6.45, 7) is 13.8. The lowest BCUT2D eigenvalue weighted by Gasteiger charge is -2.05. The summed E-state index contributed by atoms with van der Waals surface area (Å²) in [5, 5.41) is 3.02. The van der Waals surface area contributed by atoms with Crippen molar-refractivity contribution in [1.82, 2.24) is 5.32 Å². The number of hydrogen-bond donors (Lipinski definition) is 1. The van der Waals surface area contributed by atoms with Gasteiger partial charge >= 0.3 is 0 Å². The van der Waals surface area contributed by atoms with Crippen molar-refractivity contribution in [3.63, 3.8) is 0 Å². The molecule has 0 aliphatic heterocycles. The minimum absolute atomic E-state index is 0.176. The van der Waals surface area contributed by atoms with Crippen molar-refractivity contribution in [2.75, 3.05) is 40.0 Å². The van der Waals surface area contributed by atoms with E-state index in [0.29, 0.717) is 13.2 Å². The van der Waals surface area contributed by atoms with Gasteiger partial charge in [0, 0.05) is 6.61 Å². The molecule has 0 amide bonds. The average Bonchev–Trinajstić information content (AvgIpc) is 2.45. The third kappa shape index (κ3) is 36.0. The molecule has 0 rings (SSSR count). The Balaban J connectivity index is -0.000000346. The normalized spacial score (nSPS) is 9.35. The molecule has 0 aromatic heterocycles. The lowest BCUT2D eigenvalue weighted by atomic mass is 10.1. The molecule has 0 bridgehead atoms. The van der Waals surface area contributed by atoms with Crippen LogP contribution in [0.2, 0.25) is 0 Å². The van der Waals surface area contributed by atoms with Gasteiger partial charge in [-0.05, 0) is 38.8 Å². The van der Waals surface area contributed by atoms with Crippen LogP contribution in [0, 0.1) is 5.92 Å². The highest BCUT2D eigenvalue weighted by molar-refractivity contribution is 5.50. The molecule has 0 aliphatic carbocycles. The lowest BCUT2D eigenvalue weighted by molar-refractivity contribution is -0.112. The number of nitrogens with one attached hydrogen (secondary N) is 1. The van der Waals surface area contributed by atoms with Gasteiger partial charge in [-0.1, -0.05) is 34.6 Å². The Hall–Kier alpha value is -0.450. The summed E-state index contributed by atoms with van der Waals surface area (Å²) in [6.07, 6.45) is 4.29. The summed E-state index contributed by atoms with van der Waals surface area (Å²) in [5.41, 5.74) is 0. The van der Waals surface area contributed by atoms with Crippen molar-refractivity contribution in [2.45, 2.75) is 53.9 Å². The molecule has 4 nitrogen and oxygen atoms in total. The quantitative estimate of drug-likeness (QED) is 0.469. The molecule has 0 heterocycles. The van der Waals surface area contributed by atoms with Gasteiger partial charge in [0.2, 0.25) is 0 Å². The highest BCUT2D eigenvalue weighted by Gasteiger charge is 1.93. The maximum absolute atomic E-state index is 9.85. The standard InChI is InChI=1S/C10H20O3.C4H11N.C2H6/c1-10(2)4-3-6-12-8-9-13-7-5-11;1-3-4-5-2;1-2/h5,10H,3-4,6-9H2,1-2H3;5H,3-4H2,1-2H3;1-2H3. The molecule has 0 atom stereocenters. The van der Waals surface area contributed by atoms with Crippen LogP contribution >= 0.6 is 0 Å². The second-order valence-electron chi connectivity index (χ2n) is 4.49. The Bertz CT molecular complexity index is 151. The van der Waals surface area contributed by atoms with E-state index in [2.05, 4.69) is 26.1 Å². The molecule has 0 spiro atoms. The third-order valence-electron chi connectivity index (χ3n) is 2.13. The second kappa shape index (κ2) is 27.0. The van der Waals surface area contributed by atoms with E-state index in [0.717, 1.165) is 31.8 Å². The summed E-state index contributed by atoms with van der Waals surface area (Å²) in [7, 11) is 1.96. The zero-order valence-corrected chi connectivity index (χ0v) is 14.5. The van der Waals surface area contributed by atoms with E-state index >= 15 is 0 Å². The van der Waals surface area contributed by atoms with Crippen LogP contribution in [-0.4, -0.2) is 46.3 Å². The number of ether oxygens (including phenoxy) is 2. The molecule has 0 saturated carbocycles. The smallest absolute Gasteiger partial charge is 0.145 e. The van der Waals surface area contributed by atoms with Crippen molar-refractivity contribution in [1.29, 1.82) is 0 Å². The van der Waals surface area contributed by atoms with Gasteiger partial charge in [0.1, 0.15) is 12.9 Å². The summed E-state index contributed by atoms with van der Waals surface area (Å²) < 4.78 is 10.2. The van der Waals surface area contributed by atoms with E-state index in [1.165, 1.54) is 12.8 Å². The maximum atomic E-state index is 9.85. The van der Waals surface area contributed by atoms with Crippen molar-refractivity contribution in [2.24, 2.45) is 5.92 Å². The Morgan fingerprint density at radius 2 is 1.70 bits per heavy atom. The van der Waals surface area contributed by atoms with E-state index < -0.39 is 0 Å². The predicted molar refractivity (Wildman–Crippen MR) is 87.3 cm³/mol. The van der Waals surface area contributed by atoms with Gasteiger partial charge in [0.05, 0.1) is 13.2 Å². The van der Waals surface area contributed by atoms with E-state index in [9.17, 15) is 4.79 Å². The molecule has 1 N–H and O–H groups in total. The first-order valence-corrected chi connectivity index (χ1v) is 7.92. The zero-order chi connectivity index (χ0) is 16.1. The molecule has 0 unspecified atom stereocenters. The van der Waals surface area contributed by atoms with Crippen LogP contribution in [0.5, 0.6) is 0 Å². The van der Waals surface area contributed by atoms with Crippen LogP contribution in [0.4, 0.5) is 0 Å². The number of carbonyl (C=O) groups excluding carboxylic acids is 1. The Morgan fingerprint density at radius 3 is 2.10 bits per heavy atom. The first-order chi connectivity index (χ1) is 9.68. The Morgan fingerprint density at radius 1 is 1.10 bits per heavy atom. The molecule has 0 aliphatic rings. The molecule has 4 heteroatoms. The molecule has 0 aromatic carbocycles. The van der Waals surface area contributed by atoms with E-state index in [1.54, 1.807) is 0 Å². The summed E-state index contributed by atoms with van der Waals surface area (Å²) in [5.74, 6) is 0.745. The Labute approximate surface area is 126 Å². The number of aldehydes is 1. The Kier molecular flexibility index (Phi) is 33.1. The van der Waals surface area contributed by atoms with Crippen molar-refractivity contribution >= 4 is 6.29 Å². The monoisotopic (exact) mass is 291 g/mol. The van der Waals surface area contributed by atoms with Crippen molar-refractivity contribution in [3.05, 3.63) is 0 Å². The third-order valence-corrected chi connectivity index (χ3v) is 2.13. The van der Waals surface area contributed by atoms with Crippen LogP contribution in [-0.2, 0) is 14.3 Å². The largest absolute Gasteiger partial charge is 0.379 e. The zero-order valence-electron chi connectivity index (χ0n) is 14.5. The topological polar surface area (TPSA) is 47.6 Å². The van der Waals surface area contributed by atoms with Crippen LogP contribution in [0.3, 0.4) is 0 Å². The van der Waals surface area contributed by atoms with Gasteiger partial charge < -0.3 is 19.6 Å². The van der Waals surface area contributed by atoms with Gasteiger partial charge in [-0.25, -0.2) is 0 Å². The van der Waals surface area contributed by atoms with Gasteiger partial charge in [-0.2, -0.15) is 0 Å². The minimum Gasteiger partial charge on any atom is -0.379 e. The molecule has 124 valence electrons. The molecule has 0 saturated heterocycles. The first-order valence-electron chi connectivity index (χ1n) is 7.92. The van der Waals surface area contributed by atoms with Crippen LogP contribution in [0.15, 0.2) is 0 Å². The average molecular weight is 291 g/mol. The van der Waals surface area contributed by atoms with Crippen LogP contribution in [0.1, 0.15) is 53.9 Å². The van der Waals surface area contributed by atoms with Crippen molar-refractivity contribution < 1.29 is 14.3 Å². The summed E-state index contributed by atoms with van der Waals surface area (Å²) in [4.78, 5) is 9.85.